The summed E-state index contributed by atoms with van der Waals surface area (Å²) >= 11 is 6.12. The van der Waals surface area contributed by atoms with Gasteiger partial charge in [-0.2, -0.15) is 4.31 Å². The number of urea groups is 1. The lowest BCUT2D eigenvalue weighted by Gasteiger charge is -2.24. The van der Waals surface area contributed by atoms with Gasteiger partial charge in [0.2, 0.25) is 15.9 Å². The van der Waals surface area contributed by atoms with Crippen LogP contribution in [-0.2, 0) is 19.6 Å². The molecule has 1 aromatic rings. The van der Waals surface area contributed by atoms with Gasteiger partial charge in [0.25, 0.3) is 5.91 Å². The Morgan fingerprint density at radius 2 is 1.87 bits per heavy atom. The molecule has 31 heavy (non-hydrogen) atoms. The first-order chi connectivity index (χ1) is 14.6. The Balaban J connectivity index is 1.81. The number of anilines is 1. The second-order valence-electron chi connectivity index (χ2n) is 7.79. The van der Waals surface area contributed by atoms with Gasteiger partial charge in [-0.15, -0.1) is 0 Å². The molecule has 1 saturated heterocycles. The second kappa shape index (κ2) is 8.76. The third-order valence-corrected chi connectivity index (χ3v) is 8.47. The number of benzene rings is 1. The van der Waals surface area contributed by atoms with Crippen molar-refractivity contribution in [3.63, 3.8) is 0 Å². The van der Waals surface area contributed by atoms with Crippen molar-refractivity contribution >= 4 is 45.2 Å². The summed E-state index contributed by atoms with van der Waals surface area (Å²) < 4.78 is 27.0. The molecule has 1 spiro atoms. The van der Waals surface area contributed by atoms with E-state index >= 15 is 0 Å². The molecule has 4 amide bonds. The van der Waals surface area contributed by atoms with E-state index in [1.54, 1.807) is 13.8 Å². The highest BCUT2D eigenvalue weighted by Gasteiger charge is 2.54. The van der Waals surface area contributed by atoms with E-state index in [1.807, 2.05) is 0 Å². The number of rotatable bonds is 7. The minimum atomic E-state index is -3.84. The van der Waals surface area contributed by atoms with Crippen LogP contribution in [0.15, 0.2) is 23.1 Å². The average Bonchev–Trinajstić information content (AvgIpc) is 3.28. The van der Waals surface area contributed by atoms with Crippen LogP contribution in [0, 0.1) is 0 Å². The van der Waals surface area contributed by atoms with Crippen molar-refractivity contribution in [2.45, 2.75) is 62.9 Å². The lowest BCUT2D eigenvalue weighted by atomic mass is 9.97. The molecular weight excluding hydrogens is 444 g/mol. The molecule has 0 radical (unpaired) electrons. The third kappa shape index (κ3) is 4.16. The van der Waals surface area contributed by atoms with Crippen molar-refractivity contribution in [1.29, 1.82) is 0 Å². The maximum absolute atomic E-state index is 12.9. The molecule has 3 rings (SSSR count). The highest BCUT2D eigenvalue weighted by Crippen LogP contribution is 2.36. The Morgan fingerprint density at radius 1 is 1.26 bits per heavy atom. The fourth-order valence-corrected chi connectivity index (χ4v) is 6.11. The van der Waals surface area contributed by atoms with Crippen molar-refractivity contribution in [2.75, 3.05) is 18.4 Å². The zero-order valence-corrected chi connectivity index (χ0v) is 19.3. The smallest absolute Gasteiger partial charge is 0.324 e. The van der Waals surface area contributed by atoms with Gasteiger partial charge in [0.1, 0.15) is 16.5 Å². The summed E-state index contributed by atoms with van der Waals surface area (Å²) in [6.45, 7) is 5.45. The lowest BCUT2D eigenvalue weighted by molar-refractivity contribution is -0.136. The number of hydrogen-bond donors (Lipinski definition) is 2. The fourth-order valence-electron chi connectivity index (χ4n) is 4.16. The molecule has 1 aliphatic heterocycles. The first kappa shape index (κ1) is 23.5. The van der Waals surface area contributed by atoms with Crippen LogP contribution in [-0.4, -0.2) is 60.1 Å². The summed E-state index contributed by atoms with van der Waals surface area (Å²) in [5.74, 6) is -0.995. The van der Waals surface area contributed by atoms with Crippen LogP contribution in [0.4, 0.5) is 10.5 Å². The van der Waals surface area contributed by atoms with E-state index < -0.39 is 39.4 Å². The van der Waals surface area contributed by atoms with Crippen LogP contribution in [0.25, 0.3) is 0 Å². The van der Waals surface area contributed by atoms with Crippen molar-refractivity contribution in [3.8, 4) is 0 Å². The summed E-state index contributed by atoms with van der Waals surface area (Å²) in [4.78, 5) is 38.9. The van der Waals surface area contributed by atoms with Gasteiger partial charge in [0, 0.05) is 18.8 Å². The van der Waals surface area contributed by atoms with Crippen LogP contribution < -0.4 is 10.6 Å². The number of halogens is 1. The maximum atomic E-state index is 12.9. The number of sulfonamides is 1. The van der Waals surface area contributed by atoms with Crippen LogP contribution >= 0.6 is 11.6 Å². The number of nitrogens with zero attached hydrogens (tertiary/aromatic N) is 2. The zero-order valence-electron chi connectivity index (χ0n) is 17.8. The number of imide groups is 1. The lowest BCUT2D eigenvalue weighted by Crippen LogP contribution is -2.48. The molecule has 9 nitrogen and oxygen atoms in total. The molecule has 1 atom stereocenters. The van der Waals surface area contributed by atoms with E-state index in [-0.39, 0.29) is 28.7 Å². The number of carbonyl (C=O) groups is 3. The largest absolute Gasteiger partial charge is 0.325 e. The molecule has 2 fully saturated rings. The van der Waals surface area contributed by atoms with E-state index in [9.17, 15) is 22.8 Å². The first-order valence-electron chi connectivity index (χ1n) is 10.3. The second-order valence-corrected chi connectivity index (χ2v) is 10.1. The predicted octanol–water partition coefficient (Wildman–Crippen LogP) is 2.56. The molecule has 0 bridgehead atoms. The molecule has 2 aliphatic rings. The van der Waals surface area contributed by atoms with Gasteiger partial charge in [0.05, 0.1) is 5.02 Å². The Bertz CT molecular complexity index is 1000. The molecule has 1 saturated carbocycles. The monoisotopic (exact) mass is 470 g/mol. The van der Waals surface area contributed by atoms with Crippen LogP contribution in [0.5, 0.6) is 0 Å². The number of nitrogens with one attached hydrogen (secondary N) is 2. The quantitative estimate of drug-likeness (QED) is 0.594. The minimum absolute atomic E-state index is 0.0372. The van der Waals surface area contributed by atoms with E-state index in [4.69, 9.17) is 11.6 Å². The molecule has 1 aliphatic carbocycles. The van der Waals surface area contributed by atoms with Crippen LogP contribution in [0.2, 0.25) is 5.02 Å². The van der Waals surface area contributed by atoms with Crippen molar-refractivity contribution in [1.82, 2.24) is 14.5 Å². The SMILES string of the molecule is CCN(CC)S(=O)(=O)c1cc(NC(=O)C(C)N2C(=O)NC3(CCCC3)C2=O)ccc1Cl. The van der Waals surface area contributed by atoms with Crippen LogP contribution in [0.3, 0.4) is 0 Å². The normalized spacial score (nSPS) is 19.2. The number of hydrogen-bond acceptors (Lipinski definition) is 5. The Kier molecular flexibility index (Phi) is 6.64. The van der Waals surface area contributed by atoms with Crippen LogP contribution in [0.1, 0.15) is 46.5 Å². The molecule has 1 unspecified atom stereocenters. The predicted molar refractivity (Wildman–Crippen MR) is 116 cm³/mol. The summed E-state index contributed by atoms with van der Waals surface area (Å²) in [5.41, 5.74) is -0.702. The molecule has 2 N–H and O–H groups in total. The average molecular weight is 471 g/mol. The zero-order chi connectivity index (χ0) is 23.0. The fraction of sp³-hybridized carbons (Fsp3) is 0.550. The molecule has 1 heterocycles. The van der Waals surface area contributed by atoms with Gasteiger partial charge in [-0.1, -0.05) is 38.3 Å². The topological polar surface area (TPSA) is 116 Å². The first-order valence-corrected chi connectivity index (χ1v) is 12.2. The van der Waals surface area contributed by atoms with Crippen molar-refractivity contribution < 1.29 is 22.8 Å². The van der Waals surface area contributed by atoms with E-state index in [1.165, 1.54) is 29.4 Å². The summed E-state index contributed by atoms with van der Waals surface area (Å²) in [5, 5.41) is 5.38. The van der Waals surface area contributed by atoms with E-state index in [0.29, 0.717) is 12.8 Å². The third-order valence-electron chi connectivity index (χ3n) is 5.94. The van der Waals surface area contributed by atoms with Crippen molar-refractivity contribution in [3.05, 3.63) is 23.2 Å². The van der Waals surface area contributed by atoms with Crippen molar-refractivity contribution in [2.24, 2.45) is 0 Å². The van der Waals surface area contributed by atoms with Gasteiger partial charge in [-0.3, -0.25) is 9.59 Å². The Morgan fingerprint density at radius 3 is 2.45 bits per heavy atom. The van der Waals surface area contributed by atoms with E-state index in [2.05, 4.69) is 10.6 Å². The molecule has 0 aromatic heterocycles. The van der Waals surface area contributed by atoms with Gasteiger partial charge >= 0.3 is 6.03 Å². The Hall–Kier alpha value is -2.17. The number of amides is 4. The summed E-state index contributed by atoms with van der Waals surface area (Å²) in [6, 6.07) is 2.49. The van der Waals surface area contributed by atoms with Gasteiger partial charge in [-0.25, -0.2) is 18.1 Å². The standard InChI is InChI=1S/C20H27ClN4O5S/c1-4-24(5-2)31(29,30)16-12-14(8-9-15(16)21)22-17(26)13(3)25-18(27)20(23-19(25)28)10-6-7-11-20/h8-9,12-13H,4-7,10-11H2,1-3H3,(H,22,26)(H,23,28). The number of carbonyl (C=O) groups excluding carboxylic acids is 3. The Labute approximate surface area is 187 Å². The minimum Gasteiger partial charge on any atom is -0.324 e. The molecule has 1 aromatic carbocycles. The van der Waals surface area contributed by atoms with Gasteiger partial charge in [0.15, 0.2) is 0 Å². The molecular formula is C20H27ClN4O5S. The molecule has 11 heteroatoms. The summed E-state index contributed by atoms with van der Waals surface area (Å²) in [6.07, 6.45) is 2.81. The molecule has 170 valence electrons. The highest BCUT2D eigenvalue weighted by molar-refractivity contribution is 7.89. The summed E-state index contributed by atoms with van der Waals surface area (Å²) in [7, 11) is -3.84. The van der Waals surface area contributed by atoms with E-state index in [0.717, 1.165) is 17.7 Å². The maximum Gasteiger partial charge on any atom is 0.325 e. The highest BCUT2D eigenvalue weighted by atomic mass is 35.5. The van der Waals surface area contributed by atoms with Gasteiger partial charge in [-0.05, 0) is 38.0 Å². The van der Waals surface area contributed by atoms with Gasteiger partial charge < -0.3 is 10.6 Å².